The molecule has 27 heavy (non-hydrogen) atoms. The van der Waals surface area contributed by atoms with Crippen molar-refractivity contribution in [3.63, 3.8) is 0 Å². The highest BCUT2D eigenvalue weighted by molar-refractivity contribution is 7.80. The van der Waals surface area contributed by atoms with Crippen molar-refractivity contribution in [1.29, 1.82) is 0 Å². The Balaban J connectivity index is 1.41. The summed E-state index contributed by atoms with van der Waals surface area (Å²) in [5, 5.41) is 0.599. The minimum Gasteiger partial charge on any atom is -0.376 e. The number of fused-ring (bicyclic) bond motifs is 2. The molecule has 3 aliphatic rings. The van der Waals surface area contributed by atoms with E-state index in [1.807, 2.05) is 0 Å². The van der Waals surface area contributed by atoms with Crippen LogP contribution in [-0.4, -0.2) is 72.8 Å². The largest absolute Gasteiger partial charge is 0.418 e. The van der Waals surface area contributed by atoms with E-state index in [0.29, 0.717) is 24.5 Å². The molecular weight excluding hydrogens is 382 g/mol. The summed E-state index contributed by atoms with van der Waals surface area (Å²) in [4.78, 5) is 30.9. The summed E-state index contributed by atoms with van der Waals surface area (Å²) in [6.45, 7) is 0.705. The molecule has 1 aliphatic carbocycles. The smallest absolute Gasteiger partial charge is 0.376 e. The van der Waals surface area contributed by atoms with Crippen LogP contribution in [-0.2, 0) is 29.1 Å². The first-order valence-corrected chi connectivity index (χ1v) is 10.5. The first-order chi connectivity index (χ1) is 12.8. The van der Waals surface area contributed by atoms with Gasteiger partial charge < -0.3 is 9.64 Å². The molecule has 3 rings (SSSR count). The van der Waals surface area contributed by atoms with Crippen molar-refractivity contribution < 1.29 is 36.4 Å². The maximum atomic E-state index is 12.3. The van der Waals surface area contributed by atoms with E-state index in [-0.39, 0.29) is 19.3 Å². The van der Waals surface area contributed by atoms with Crippen LogP contribution in [0.3, 0.4) is 0 Å². The Morgan fingerprint density at radius 1 is 1.15 bits per heavy atom. The van der Waals surface area contributed by atoms with Crippen LogP contribution in [0.1, 0.15) is 44.9 Å². The van der Waals surface area contributed by atoms with Gasteiger partial charge in [-0.1, -0.05) is 19.3 Å². The van der Waals surface area contributed by atoms with Crippen LogP contribution in [0.4, 0.5) is 4.79 Å². The van der Waals surface area contributed by atoms with Crippen LogP contribution in [0.5, 0.6) is 0 Å². The number of nitrogens with one attached hydrogen (secondary N) is 1. The van der Waals surface area contributed by atoms with Crippen LogP contribution in [0.25, 0.3) is 0 Å². The topological polar surface area (TPSA) is 135 Å². The van der Waals surface area contributed by atoms with Gasteiger partial charge in [-0.05, 0) is 25.7 Å². The molecule has 11 nitrogen and oxygen atoms in total. The van der Waals surface area contributed by atoms with E-state index in [9.17, 15) is 18.0 Å². The molecule has 0 spiro atoms. The Hall–Kier alpha value is -1.47. The number of hydrogen-bond donors (Lipinski definition) is 2. The van der Waals surface area contributed by atoms with Gasteiger partial charge in [0.15, 0.2) is 0 Å². The molecule has 2 heterocycles. The summed E-state index contributed by atoms with van der Waals surface area (Å²) in [6, 6.07) is -2.10. The van der Waals surface area contributed by atoms with Gasteiger partial charge in [0.2, 0.25) is 0 Å². The minimum absolute atomic E-state index is 0.136. The van der Waals surface area contributed by atoms with Gasteiger partial charge >= 0.3 is 16.4 Å². The third kappa shape index (κ3) is 5.29. The van der Waals surface area contributed by atoms with E-state index in [1.165, 1.54) is 24.2 Å². The quantitative estimate of drug-likeness (QED) is 0.335. The molecule has 1 saturated carbocycles. The van der Waals surface area contributed by atoms with Gasteiger partial charge in [0.05, 0.1) is 25.4 Å². The second-order valence-electron chi connectivity index (χ2n) is 6.96. The molecular formula is C15H25N3O8S. The minimum atomic E-state index is -4.81. The Morgan fingerprint density at radius 3 is 2.59 bits per heavy atom. The summed E-state index contributed by atoms with van der Waals surface area (Å²) >= 11 is 0. The number of carbonyl (C=O) groups is 2. The number of carbonyl (C=O) groups excluding carboxylic acids is 2. The molecule has 0 aromatic heterocycles. The number of amides is 3. The van der Waals surface area contributed by atoms with Crippen molar-refractivity contribution >= 4 is 22.3 Å². The second kappa shape index (κ2) is 8.69. The maximum Gasteiger partial charge on any atom is 0.418 e. The number of rotatable bonds is 8. The molecule has 2 saturated heterocycles. The Kier molecular flexibility index (Phi) is 6.52. The standard InChI is InChI=1S/C15H25N3O8S/c19-14(16-25-9-8-24-12-4-2-1-3-5-12)13-7-6-11-10-17(13)15(20)18(11)26-27(21,22)23/h11-13H,1-10H2,(H,16,19)(H,21,22,23)/t11-,13+/m1/s1. The highest BCUT2D eigenvalue weighted by Crippen LogP contribution is 2.30. The molecule has 12 heteroatoms. The van der Waals surface area contributed by atoms with Crippen molar-refractivity contribution in [2.45, 2.75) is 63.1 Å². The van der Waals surface area contributed by atoms with Gasteiger partial charge in [-0.2, -0.15) is 13.5 Å². The lowest BCUT2D eigenvalue weighted by atomic mass is 9.98. The Morgan fingerprint density at radius 2 is 1.89 bits per heavy atom. The molecule has 2 atom stereocenters. The lowest BCUT2D eigenvalue weighted by Crippen LogP contribution is -2.49. The molecule has 0 aromatic rings. The molecule has 3 fully saturated rings. The first kappa shape index (κ1) is 20.3. The predicted molar refractivity (Wildman–Crippen MR) is 90.3 cm³/mol. The maximum absolute atomic E-state index is 12.3. The zero-order valence-corrected chi connectivity index (χ0v) is 15.7. The monoisotopic (exact) mass is 407 g/mol. The number of hydrogen-bond acceptors (Lipinski definition) is 7. The van der Waals surface area contributed by atoms with Crippen LogP contribution in [0, 0.1) is 0 Å². The zero-order chi connectivity index (χ0) is 19.4. The van der Waals surface area contributed by atoms with Gasteiger partial charge in [-0.3, -0.25) is 14.2 Å². The van der Waals surface area contributed by atoms with E-state index < -0.39 is 34.4 Å². The summed E-state index contributed by atoms with van der Waals surface area (Å²) in [6.07, 6.45) is 6.64. The third-order valence-electron chi connectivity index (χ3n) is 5.06. The van der Waals surface area contributed by atoms with E-state index in [4.69, 9.17) is 14.1 Å². The summed E-state index contributed by atoms with van der Waals surface area (Å²) in [7, 11) is -4.81. The highest BCUT2D eigenvalue weighted by Gasteiger charge is 2.49. The van der Waals surface area contributed by atoms with Crippen molar-refractivity contribution in [3.8, 4) is 0 Å². The number of nitrogens with zero attached hydrogens (tertiary/aromatic N) is 2. The van der Waals surface area contributed by atoms with E-state index >= 15 is 0 Å². The molecule has 0 aromatic carbocycles. The van der Waals surface area contributed by atoms with Gasteiger partial charge in [0, 0.05) is 6.54 Å². The number of urea groups is 1. The van der Waals surface area contributed by atoms with Crippen molar-refractivity contribution in [2.24, 2.45) is 0 Å². The summed E-state index contributed by atoms with van der Waals surface area (Å²) in [5.41, 5.74) is 2.32. The van der Waals surface area contributed by atoms with E-state index in [1.54, 1.807) is 0 Å². The van der Waals surface area contributed by atoms with Crippen LogP contribution in [0.2, 0.25) is 0 Å². The normalized spacial score (nSPS) is 26.5. The first-order valence-electron chi connectivity index (χ1n) is 9.15. The average molecular weight is 407 g/mol. The zero-order valence-electron chi connectivity index (χ0n) is 14.9. The second-order valence-corrected chi connectivity index (χ2v) is 7.96. The number of hydroxylamine groups is 3. The lowest BCUT2D eigenvalue weighted by molar-refractivity contribution is -0.140. The fraction of sp³-hybridized carbons (Fsp3) is 0.867. The molecule has 0 unspecified atom stereocenters. The van der Waals surface area contributed by atoms with Gasteiger partial charge in [-0.15, -0.1) is 4.28 Å². The number of piperidine rings is 1. The van der Waals surface area contributed by atoms with Crippen LogP contribution < -0.4 is 5.48 Å². The van der Waals surface area contributed by atoms with Gasteiger partial charge in [0.25, 0.3) is 5.91 Å². The van der Waals surface area contributed by atoms with Gasteiger partial charge in [0.1, 0.15) is 6.04 Å². The average Bonchev–Trinajstić information content (AvgIpc) is 2.86. The Bertz CT molecular complexity index is 651. The van der Waals surface area contributed by atoms with Crippen molar-refractivity contribution in [2.75, 3.05) is 19.8 Å². The lowest BCUT2D eigenvalue weighted by Gasteiger charge is -2.29. The predicted octanol–water partition coefficient (Wildman–Crippen LogP) is 0.387. The molecule has 2 aliphatic heterocycles. The molecule has 3 amide bonds. The molecule has 2 bridgehead atoms. The van der Waals surface area contributed by atoms with Crippen LogP contribution in [0.15, 0.2) is 0 Å². The Labute approximate surface area is 157 Å². The van der Waals surface area contributed by atoms with Crippen molar-refractivity contribution in [3.05, 3.63) is 0 Å². The van der Waals surface area contributed by atoms with Gasteiger partial charge in [-0.25, -0.2) is 10.3 Å². The molecule has 2 N–H and O–H groups in total. The summed E-state index contributed by atoms with van der Waals surface area (Å²) < 4.78 is 40.5. The third-order valence-corrected chi connectivity index (χ3v) is 5.41. The van der Waals surface area contributed by atoms with Crippen molar-refractivity contribution in [1.82, 2.24) is 15.4 Å². The SMILES string of the molecule is O=C(NOCCOC1CCCCC1)[C@@H]1CC[C@@H]2CN1C(=O)N2OS(=O)(=O)O. The molecule has 154 valence electrons. The highest BCUT2D eigenvalue weighted by atomic mass is 32.3. The van der Waals surface area contributed by atoms with E-state index in [2.05, 4.69) is 9.76 Å². The molecule has 0 radical (unpaired) electrons. The van der Waals surface area contributed by atoms with Crippen LogP contribution >= 0.6 is 0 Å². The fourth-order valence-corrected chi connectivity index (χ4v) is 4.17. The number of ether oxygens (including phenoxy) is 1. The fourth-order valence-electron chi connectivity index (χ4n) is 3.78. The summed E-state index contributed by atoms with van der Waals surface area (Å²) in [5.74, 6) is -0.492. The van der Waals surface area contributed by atoms with E-state index in [0.717, 1.165) is 12.8 Å².